The first-order valence-corrected chi connectivity index (χ1v) is 8.62. The van der Waals surface area contributed by atoms with Crippen LogP contribution in [-0.4, -0.2) is 29.3 Å². The first kappa shape index (κ1) is 17.7. The molecule has 1 amide bonds. The zero-order chi connectivity index (χ0) is 18.5. The third-order valence-electron chi connectivity index (χ3n) is 4.24. The van der Waals surface area contributed by atoms with Crippen LogP contribution < -0.4 is 10.1 Å². The molecule has 0 fully saturated rings. The number of ether oxygens (including phenoxy) is 1. The molecule has 0 saturated heterocycles. The third-order valence-corrected chi connectivity index (χ3v) is 4.24. The summed E-state index contributed by atoms with van der Waals surface area (Å²) in [6.45, 7) is 4.60. The van der Waals surface area contributed by atoms with Gasteiger partial charge in [-0.1, -0.05) is 24.3 Å². The number of carbonyl (C=O) groups is 1. The molecule has 26 heavy (non-hydrogen) atoms. The average Bonchev–Trinajstić information content (AvgIpc) is 3.00. The molecule has 0 aliphatic heterocycles. The molecule has 5 nitrogen and oxygen atoms in total. The average molecular weight is 349 g/mol. The quantitative estimate of drug-likeness (QED) is 0.741. The molecule has 0 aliphatic rings. The zero-order valence-corrected chi connectivity index (χ0v) is 15.3. The van der Waals surface area contributed by atoms with Crippen LogP contribution in [0.5, 0.6) is 5.75 Å². The third kappa shape index (κ3) is 3.94. The number of aromatic nitrogens is 2. The van der Waals surface area contributed by atoms with Crippen molar-refractivity contribution in [3.63, 3.8) is 0 Å². The van der Waals surface area contributed by atoms with Gasteiger partial charge in [0.2, 0.25) is 0 Å². The van der Waals surface area contributed by atoms with Crippen molar-refractivity contribution in [2.45, 2.75) is 20.3 Å². The lowest BCUT2D eigenvalue weighted by atomic mass is 10.1. The van der Waals surface area contributed by atoms with Gasteiger partial charge in [-0.2, -0.15) is 5.10 Å². The second kappa shape index (κ2) is 7.87. The molecular formula is C21H23N3O2. The van der Waals surface area contributed by atoms with E-state index < -0.39 is 0 Å². The van der Waals surface area contributed by atoms with Gasteiger partial charge in [0.05, 0.1) is 24.1 Å². The predicted molar refractivity (Wildman–Crippen MR) is 102 cm³/mol. The topological polar surface area (TPSA) is 56.1 Å². The van der Waals surface area contributed by atoms with Gasteiger partial charge in [0.1, 0.15) is 5.75 Å². The lowest BCUT2D eigenvalue weighted by molar-refractivity contribution is 0.0951. The number of amides is 1. The number of nitrogens with zero attached hydrogens (tertiary/aromatic N) is 2. The number of aryl methyl sites for hydroxylation is 2. The Bertz CT molecular complexity index is 898. The summed E-state index contributed by atoms with van der Waals surface area (Å²) >= 11 is 0. The van der Waals surface area contributed by atoms with Gasteiger partial charge in [-0.3, -0.25) is 4.79 Å². The summed E-state index contributed by atoms with van der Waals surface area (Å²) in [5.41, 5.74) is 4.87. The van der Waals surface area contributed by atoms with Gasteiger partial charge >= 0.3 is 0 Å². The van der Waals surface area contributed by atoms with Crippen molar-refractivity contribution in [2.75, 3.05) is 13.7 Å². The van der Waals surface area contributed by atoms with Crippen molar-refractivity contribution in [2.24, 2.45) is 0 Å². The number of nitrogens with one attached hydrogen (secondary N) is 1. The number of rotatable bonds is 6. The van der Waals surface area contributed by atoms with Crippen LogP contribution in [0.15, 0.2) is 54.6 Å². The number of carbonyl (C=O) groups excluding carboxylic acids is 1. The molecule has 0 unspecified atom stereocenters. The van der Waals surface area contributed by atoms with Crippen LogP contribution >= 0.6 is 0 Å². The van der Waals surface area contributed by atoms with Gasteiger partial charge < -0.3 is 10.1 Å². The molecule has 0 atom stereocenters. The zero-order valence-electron chi connectivity index (χ0n) is 15.3. The number of methoxy groups -OCH3 is 1. The highest BCUT2D eigenvalue weighted by Gasteiger charge is 2.10. The minimum absolute atomic E-state index is 0.123. The Labute approximate surface area is 153 Å². The van der Waals surface area contributed by atoms with E-state index in [4.69, 9.17) is 4.74 Å². The molecule has 5 heteroatoms. The van der Waals surface area contributed by atoms with Crippen molar-refractivity contribution in [3.05, 3.63) is 77.1 Å². The smallest absolute Gasteiger partial charge is 0.255 e. The molecule has 3 aromatic rings. The minimum Gasteiger partial charge on any atom is -0.496 e. The summed E-state index contributed by atoms with van der Waals surface area (Å²) in [5.74, 6) is 0.459. The van der Waals surface area contributed by atoms with Crippen molar-refractivity contribution in [1.82, 2.24) is 15.1 Å². The second-order valence-corrected chi connectivity index (χ2v) is 6.21. The number of hydrogen-bond donors (Lipinski definition) is 1. The molecule has 0 aliphatic carbocycles. The second-order valence-electron chi connectivity index (χ2n) is 6.21. The number of hydrogen-bond acceptors (Lipinski definition) is 3. The Morgan fingerprint density at radius 2 is 1.85 bits per heavy atom. The fraction of sp³-hybridized carbons (Fsp3) is 0.238. The first-order valence-electron chi connectivity index (χ1n) is 8.62. The van der Waals surface area contributed by atoms with Crippen LogP contribution in [0.3, 0.4) is 0 Å². The fourth-order valence-corrected chi connectivity index (χ4v) is 2.94. The Balaban J connectivity index is 1.58. The minimum atomic E-state index is -0.123. The van der Waals surface area contributed by atoms with E-state index in [0.717, 1.165) is 29.1 Å². The van der Waals surface area contributed by atoms with E-state index in [-0.39, 0.29) is 5.91 Å². The molecule has 134 valence electrons. The van der Waals surface area contributed by atoms with Gasteiger partial charge in [-0.05, 0) is 56.2 Å². The van der Waals surface area contributed by atoms with Gasteiger partial charge in [-0.15, -0.1) is 0 Å². The summed E-state index contributed by atoms with van der Waals surface area (Å²) in [6.07, 6.45) is 0.762. The molecule has 0 radical (unpaired) electrons. The van der Waals surface area contributed by atoms with Gasteiger partial charge in [0, 0.05) is 12.2 Å². The molecule has 1 heterocycles. The summed E-state index contributed by atoms with van der Waals surface area (Å²) in [4.78, 5) is 12.3. The SMILES string of the molecule is COc1ccccc1C(=O)NCCc1ccc(-n2nc(C)cc2C)cc1. The lowest BCUT2D eigenvalue weighted by Crippen LogP contribution is -2.26. The summed E-state index contributed by atoms with van der Waals surface area (Å²) < 4.78 is 7.16. The highest BCUT2D eigenvalue weighted by atomic mass is 16.5. The maximum atomic E-state index is 12.3. The normalized spacial score (nSPS) is 10.6. The van der Waals surface area contributed by atoms with E-state index in [2.05, 4.69) is 40.7 Å². The molecule has 3 rings (SSSR count). The van der Waals surface area contributed by atoms with Crippen molar-refractivity contribution in [1.29, 1.82) is 0 Å². The van der Waals surface area contributed by atoms with E-state index in [1.54, 1.807) is 19.2 Å². The molecule has 2 aromatic carbocycles. The van der Waals surface area contributed by atoms with Crippen LogP contribution in [0.25, 0.3) is 5.69 Å². The van der Waals surface area contributed by atoms with Crippen LogP contribution in [0, 0.1) is 13.8 Å². The van der Waals surface area contributed by atoms with Crippen molar-refractivity contribution in [3.8, 4) is 11.4 Å². The largest absolute Gasteiger partial charge is 0.496 e. The van der Waals surface area contributed by atoms with E-state index in [0.29, 0.717) is 17.9 Å². The van der Waals surface area contributed by atoms with Crippen LogP contribution in [0.1, 0.15) is 27.3 Å². The summed E-state index contributed by atoms with van der Waals surface area (Å²) in [5, 5.41) is 7.44. The summed E-state index contributed by atoms with van der Waals surface area (Å²) in [6, 6.07) is 17.5. The molecule has 0 saturated carbocycles. The molecule has 1 N–H and O–H groups in total. The van der Waals surface area contributed by atoms with E-state index in [1.807, 2.05) is 30.7 Å². The van der Waals surface area contributed by atoms with Gasteiger partial charge in [-0.25, -0.2) is 4.68 Å². The maximum Gasteiger partial charge on any atom is 0.255 e. The van der Waals surface area contributed by atoms with Crippen LogP contribution in [0.4, 0.5) is 0 Å². The van der Waals surface area contributed by atoms with Crippen LogP contribution in [0.2, 0.25) is 0 Å². The van der Waals surface area contributed by atoms with E-state index in [1.165, 1.54) is 0 Å². The van der Waals surface area contributed by atoms with Crippen molar-refractivity contribution >= 4 is 5.91 Å². The summed E-state index contributed by atoms with van der Waals surface area (Å²) in [7, 11) is 1.57. The first-order chi connectivity index (χ1) is 12.6. The standard InChI is InChI=1S/C21H23N3O2/c1-15-14-16(2)24(23-15)18-10-8-17(9-11-18)12-13-22-21(25)19-6-4-5-7-20(19)26-3/h4-11,14H,12-13H2,1-3H3,(H,22,25). The van der Waals surface area contributed by atoms with E-state index >= 15 is 0 Å². The van der Waals surface area contributed by atoms with Gasteiger partial charge in [0.25, 0.3) is 5.91 Å². The Hall–Kier alpha value is -3.08. The Morgan fingerprint density at radius 1 is 1.12 bits per heavy atom. The molecule has 0 spiro atoms. The fourth-order valence-electron chi connectivity index (χ4n) is 2.94. The Morgan fingerprint density at radius 3 is 2.50 bits per heavy atom. The monoisotopic (exact) mass is 349 g/mol. The highest BCUT2D eigenvalue weighted by Crippen LogP contribution is 2.17. The lowest BCUT2D eigenvalue weighted by Gasteiger charge is -2.10. The van der Waals surface area contributed by atoms with Crippen molar-refractivity contribution < 1.29 is 9.53 Å². The van der Waals surface area contributed by atoms with Gasteiger partial charge in [0.15, 0.2) is 0 Å². The van der Waals surface area contributed by atoms with E-state index in [9.17, 15) is 4.79 Å². The van der Waals surface area contributed by atoms with Crippen LogP contribution in [-0.2, 0) is 6.42 Å². The molecular weight excluding hydrogens is 326 g/mol. The molecule has 0 bridgehead atoms. The Kier molecular flexibility index (Phi) is 5.37. The number of para-hydroxylation sites is 1. The molecule has 1 aromatic heterocycles. The number of benzene rings is 2. The highest BCUT2D eigenvalue weighted by molar-refractivity contribution is 5.96. The maximum absolute atomic E-state index is 12.3. The predicted octanol–water partition coefficient (Wildman–Crippen LogP) is 3.47.